The normalized spacial score (nSPS) is 19.1. The highest BCUT2D eigenvalue weighted by Gasteiger charge is 2.31. The summed E-state index contributed by atoms with van der Waals surface area (Å²) in [5.74, 6) is 0. The summed E-state index contributed by atoms with van der Waals surface area (Å²) >= 11 is 0. The van der Waals surface area contributed by atoms with Crippen LogP contribution in [0.3, 0.4) is 0 Å². The second-order valence-corrected chi connectivity index (χ2v) is 4.80. The first-order valence-electron chi connectivity index (χ1n) is 6.84. The lowest BCUT2D eigenvalue weighted by molar-refractivity contribution is 0.135. The van der Waals surface area contributed by atoms with E-state index in [1.54, 1.807) is 4.90 Å². The molecule has 0 unspecified atom stereocenters. The SMILES string of the molecule is CCCCCC[C@@H]1CN(c2ccccc2)C(=O)O1. The van der Waals surface area contributed by atoms with Gasteiger partial charge in [0.1, 0.15) is 6.10 Å². The van der Waals surface area contributed by atoms with Gasteiger partial charge in [-0.2, -0.15) is 0 Å². The zero-order valence-corrected chi connectivity index (χ0v) is 11.0. The van der Waals surface area contributed by atoms with Gasteiger partial charge in [-0.1, -0.05) is 44.4 Å². The van der Waals surface area contributed by atoms with Crippen LogP contribution in [0.2, 0.25) is 0 Å². The number of unbranched alkanes of at least 4 members (excludes halogenated alkanes) is 3. The number of hydrogen-bond donors (Lipinski definition) is 0. The molecule has 0 radical (unpaired) electrons. The molecule has 18 heavy (non-hydrogen) atoms. The molecule has 1 aromatic carbocycles. The second kappa shape index (κ2) is 6.43. The van der Waals surface area contributed by atoms with Crippen molar-refractivity contribution in [3.63, 3.8) is 0 Å². The number of rotatable bonds is 6. The summed E-state index contributed by atoms with van der Waals surface area (Å²) < 4.78 is 5.40. The van der Waals surface area contributed by atoms with Crippen LogP contribution in [-0.2, 0) is 4.74 Å². The van der Waals surface area contributed by atoms with Crippen LogP contribution >= 0.6 is 0 Å². The molecule has 3 nitrogen and oxygen atoms in total. The van der Waals surface area contributed by atoms with Gasteiger partial charge in [0.25, 0.3) is 0 Å². The predicted octanol–water partition coefficient (Wildman–Crippen LogP) is 3.98. The van der Waals surface area contributed by atoms with Gasteiger partial charge in [-0.25, -0.2) is 4.79 Å². The molecule has 1 aromatic rings. The Labute approximate surface area is 109 Å². The van der Waals surface area contributed by atoms with Gasteiger partial charge in [0, 0.05) is 5.69 Å². The monoisotopic (exact) mass is 247 g/mol. The zero-order valence-electron chi connectivity index (χ0n) is 11.0. The van der Waals surface area contributed by atoms with E-state index in [0.717, 1.165) is 18.5 Å². The van der Waals surface area contributed by atoms with Crippen LogP contribution in [0.4, 0.5) is 10.5 Å². The lowest BCUT2D eigenvalue weighted by Crippen LogP contribution is -2.24. The van der Waals surface area contributed by atoms with E-state index in [4.69, 9.17) is 4.74 Å². The molecule has 2 rings (SSSR count). The zero-order chi connectivity index (χ0) is 12.8. The van der Waals surface area contributed by atoms with E-state index in [-0.39, 0.29) is 12.2 Å². The molecule has 1 amide bonds. The van der Waals surface area contributed by atoms with E-state index < -0.39 is 0 Å². The van der Waals surface area contributed by atoms with Crippen molar-refractivity contribution in [3.8, 4) is 0 Å². The van der Waals surface area contributed by atoms with Crippen LogP contribution in [0.1, 0.15) is 39.0 Å². The quantitative estimate of drug-likeness (QED) is 0.711. The van der Waals surface area contributed by atoms with Gasteiger partial charge in [-0.15, -0.1) is 0 Å². The van der Waals surface area contributed by atoms with E-state index in [1.165, 1.54) is 19.3 Å². The molecule has 0 spiro atoms. The van der Waals surface area contributed by atoms with E-state index in [1.807, 2.05) is 30.3 Å². The average Bonchev–Trinajstić information content (AvgIpc) is 2.77. The number of para-hydroxylation sites is 1. The fourth-order valence-corrected chi connectivity index (χ4v) is 2.29. The molecule has 1 heterocycles. The van der Waals surface area contributed by atoms with Gasteiger partial charge in [0.15, 0.2) is 0 Å². The third-order valence-corrected chi connectivity index (χ3v) is 3.32. The van der Waals surface area contributed by atoms with Crippen molar-refractivity contribution in [3.05, 3.63) is 30.3 Å². The van der Waals surface area contributed by atoms with Crippen LogP contribution in [0, 0.1) is 0 Å². The first kappa shape index (κ1) is 12.9. The predicted molar refractivity (Wildman–Crippen MR) is 72.8 cm³/mol. The number of nitrogens with zero attached hydrogens (tertiary/aromatic N) is 1. The van der Waals surface area contributed by atoms with E-state index in [0.29, 0.717) is 6.54 Å². The van der Waals surface area contributed by atoms with Crippen LogP contribution in [0.25, 0.3) is 0 Å². The summed E-state index contributed by atoms with van der Waals surface area (Å²) in [6, 6.07) is 9.73. The summed E-state index contributed by atoms with van der Waals surface area (Å²) in [5, 5.41) is 0. The lowest BCUT2D eigenvalue weighted by Gasteiger charge is -2.12. The number of carbonyl (C=O) groups is 1. The highest BCUT2D eigenvalue weighted by molar-refractivity contribution is 5.89. The van der Waals surface area contributed by atoms with Gasteiger partial charge >= 0.3 is 6.09 Å². The van der Waals surface area contributed by atoms with Crippen LogP contribution < -0.4 is 4.90 Å². The molecule has 98 valence electrons. The lowest BCUT2D eigenvalue weighted by atomic mass is 10.1. The second-order valence-electron chi connectivity index (χ2n) is 4.80. The maximum absolute atomic E-state index is 11.8. The number of cyclic esters (lactones) is 1. The number of amides is 1. The summed E-state index contributed by atoms with van der Waals surface area (Å²) in [6.07, 6.45) is 5.72. The molecule has 1 saturated heterocycles. The van der Waals surface area contributed by atoms with Crippen LogP contribution in [0.5, 0.6) is 0 Å². The molecule has 1 aliphatic rings. The minimum Gasteiger partial charge on any atom is -0.444 e. The number of benzene rings is 1. The van der Waals surface area contributed by atoms with Crippen molar-refractivity contribution >= 4 is 11.8 Å². The maximum Gasteiger partial charge on any atom is 0.414 e. The Morgan fingerprint density at radius 3 is 2.72 bits per heavy atom. The van der Waals surface area contributed by atoms with Crippen molar-refractivity contribution in [2.45, 2.75) is 45.1 Å². The maximum atomic E-state index is 11.8. The molecular formula is C15H21NO2. The highest BCUT2D eigenvalue weighted by Crippen LogP contribution is 2.23. The fourth-order valence-electron chi connectivity index (χ4n) is 2.29. The molecule has 1 atom stereocenters. The molecule has 0 N–H and O–H groups in total. The Morgan fingerprint density at radius 2 is 2.00 bits per heavy atom. The standard InChI is InChI=1S/C15H21NO2/c1-2-3-4-8-11-14-12-16(15(17)18-14)13-9-6-5-7-10-13/h5-7,9-10,14H,2-4,8,11-12H2,1H3/t14-/m1/s1. The Kier molecular flexibility index (Phi) is 4.62. The molecule has 0 saturated carbocycles. The summed E-state index contributed by atoms with van der Waals surface area (Å²) in [4.78, 5) is 13.5. The number of hydrogen-bond acceptors (Lipinski definition) is 2. The molecule has 0 aromatic heterocycles. The Hall–Kier alpha value is -1.51. The smallest absolute Gasteiger partial charge is 0.414 e. The third-order valence-electron chi connectivity index (χ3n) is 3.32. The minimum absolute atomic E-state index is 0.0644. The molecule has 1 aliphatic heterocycles. The van der Waals surface area contributed by atoms with Gasteiger partial charge in [0.05, 0.1) is 6.54 Å². The molecular weight excluding hydrogens is 226 g/mol. The van der Waals surface area contributed by atoms with Crippen molar-refractivity contribution < 1.29 is 9.53 Å². The van der Waals surface area contributed by atoms with Crippen molar-refractivity contribution in [2.75, 3.05) is 11.4 Å². The van der Waals surface area contributed by atoms with Gasteiger partial charge in [-0.3, -0.25) is 4.90 Å². The van der Waals surface area contributed by atoms with E-state index in [9.17, 15) is 4.79 Å². The third kappa shape index (κ3) is 3.25. The molecule has 0 bridgehead atoms. The largest absolute Gasteiger partial charge is 0.444 e. The summed E-state index contributed by atoms with van der Waals surface area (Å²) in [6.45, 7) is 2.89. The molecule has 3 heteroatoms. The minimum atomic E-state index is -0.207. The van der Waals surface area contributed by atoms with Crippen molar-refractivity contribution in [1.29, 1.82) is 0 Å². The molecule has 1 fully saturated rings. The van der Waals surface area contributed by atoms with Gasteiger partial charge in [-0.05, 0) is 25.0 Å². The topological polar surface area (TPSA) is 29.5 Å². The number of ether oxygens (including phenoxy) is 1. The van der Waals surface area contributed by atoms with Crippen molar-refractivity contribution in [1.82, 2.24) is 0 Å². The number of carbonyl (C=O) groups excluding carboxylic acids is 1. The van der Waals surface area contributed by atoms with Crippen molar-refractivity contribution in [2.24, 2.45) is 0 Å². The van der Waals surface area contributed by atoms with Crippen LogP contribution in [0.15, 0.2) is 30.3 Å². The summed E-state index contributed by atoms with van der Waals surface area (Å²) in [5.41, 5.74) is 0.929. The Balaban J connectivity index is 1.84. The van der Waals surface area contributed by atoms with Gasteiger partial charge < -0.3 is 4.74 Å². The van der Waals surface area contributed by atoms with Crippen LogP contribution in [-0.4, -0.2) is 18.7 Å². The fraction of sp³-hybridized carbons (Fsp3) is 0.533. The highest BCUT2D eigenvalue weighted by atomic mass is 16.6. The first-order chi connectivity index (χ1) is 8.81. The van der Waals surface area contributed by atoms with E-state index in [2.05, 4.69) is 6.92 Å². The Morgan fingerprint density at radius 1 is 1.22 bits per heavy atom. The summed E-state index contributed by atoms with van der Waals surface area (Å²) in [7, 11) is 0. The average molecular weight is 247 g/mol. The van der Waals surface area contributed by atoms with Gasteiger partial charge in [0.2, 0.25) is 0 Å². The number of anilines is 1. The molecule has 0 aliphatic carbocycles. The van der Waals surface area contributed by atoms with E-state index >= 15 is 0 Å². The first-order valence-corrected chi connectivity index (χ1v) is 6.84. The Bertz CT molecular complexity index is 377.